The van der Waals surface area contributed by atoms with Gasteiger partial charge < -0.3 is 0 Å². The first-order chi connectivity index (χ1) is 13.1. The highest BCUT2D eigenvalue weighted by atomic mass is 32.1. The molecule has 2 aromatic rings. The predicted molar refractivity (Wildman–Crippen MR) is 105 cm³/mol. The van der Waals surface area contributed by atoms with E-state index in [9.17, 15) is 9.59 Å². The lowest BCUT2D eigenvalue weighted by Crippen LogP contribution is -2.56. The molecule has 4 aliphatic carbocycles. The topological polar surface area (TPSA) is 71.1 Å². The van der Waals surface area contributed by atoms with Crippen LogP contribution in [0.4, 0.5) is 0 Å². The summed E-state index contributed by atoms with van der Waals surface area (Å²) in [5, 5.41) is 0.957. The van der Waals surface area contributed by atoms with E-state index >= 15 is 0 Å². The number of para-hydroxylation sites is 1. The van der Waals surface area contributed by atoms with E-state index < -0.39 is 0 Å². The number of aromatic nitrogens is 1. The van der Waals surface area contributed by atoms with Gasteiger partial charge in [-0.1, -0.05) is 12.1 Å². The maximum Gasteiger partial charge on any atom is 0.244 e. The number of nitrogens with one attached hydrogen (secondary N) is 2. The van der Waals surface area contributed by atoms with Crippen LogP contribution in [0.2, 0.25) is 0 Å². The van der Waals surface area contributed by atoms with Crippen LogP contribution in [0, 0.1) is 23.2 Å². The number of hydrazine groups is 1. The molecule has 2 amide bonds. The Morgan fingerprint density at radius 3 is 2.37 bits per heavy atom. The van der Waals surface area contributed by atoms with E-state index in [0.29, 0.717) is 12.8 Å². The van der Waals surface area contributed by atoms with E-state index in [2.05, 4.69) is 15.8 Å². The largest absolute Gasteiger partial charge is 0.273 e. The standard InChI is InChI=1S/C21H25N3O2S/c25-18(5-6-19-22-16-3-1-2-4-17(16)27-19)23-24-20(26)21-10-13-7-14(11-21)9-15(8-13)12-21/h1-4,13-15H,5-12H2,(H,23,25)(H,24,26). The highest BCUT2D eigenvalue weighted by Gasteiger charge is 2.54. The van der Waals surface area contributed by atoms with Crippen LogP contribution >= 0.6 is 11.3 Å². The number of thiazole rings is 1. The fraction of sp³-hybridized carbons (Fsp3) is 0.571. The van der Waals surface area contributed by atoms with Crippen LogP contribution in [0.3, 0.4) is 0 Å². The monoisotopic (exact) mass is 383 g/mol. The van der Waals surface area contributed by atoms with Crippen molar-refractivity contribution in [2.45, 2.75) is 51.4 Å². The Hall–Kier alpha value is -1.95. The Bertz CT molecular complexity index is 822. The first-order valence-corrected chi connectivity index (χ1v) is 10.8. The molecule has 4 aliphatic rings. The van der Waals surface area contributed by atoms with Crippen LogP contribution in [-0.4, -0.2) is 16.8 Å². The Morgan fingerprint density at radius 2 is 1.70 bits per heavy atom. The first kappa shape index (κ1) is 17.2. The molecule has 27 heavy (non-hydrogen) atoms. The molecule has 2 N–H and O–H groups in total. The normalized spacial score (nSPS) is 31.2. The molecule has 1 heterocycles. The van der Waals surface area contributed by atoms with Gasteiger partial charge in [-0.25, -0.2) is 4.98 Å². The minimum absolute atomic E-state index is 0.0370. The molecule has 0 unspecified atom stereocenters. The number of fused-ring (bicyclic) bond motifs is 1. The average Bonchev–Trinajstić information content (AvgIpc) is 3.06. The van der Waals surface area contributed by atoms with Crippen molar-refractivity contribution in [1.82, 2.24) is 15.8 Å². The molecule has 0 radical (unpaired) electrons. The number of nitrogens with zero attached hydrogens (tertiary/aromatic N) is 1. The maximum atomic E-state index is 12.9. The van der Waals surface area contributed by atoms with E-state index in [1.54, 1.807) is 11.3 Å². The van der Waals surface area contributed by atoms with E-state index in [4.69, 9.17) is 0 Å². The Morgan fingerprint density at radius 1 is 1.04 bits per heavy atom. The maximum absolute atomic E-state index is 12.9. The minimum Gasteiger partial charge on any atom is -0.273 e. The Balaban J connectivity index is 1.14. The molecule has 0 aliphatic heterocycles. The lowest BCUT2D eigenvalue weighted by Gasteiger charge is -2.55. The summed E-state index contributed by atoms with van der Waals surface area (Å²) in [6.07, 6.45) is 7.87. The van der Waals surface area contributed by atoms with E-state index in [0.717, 1.165) is 52.2 Å². The summed E-state index contributed by atoms with van der Waals surface area (Å²) < 4.78 is 1.14. The van der Waals surface area contributed by atoms with E-state index in [1.807, 2.05) is 24.3 Å². The summed E-state index contributed by atoms with van der Waals surface area (Å²) in [7, 11) is 0. The van der Waals surface area contributed by atoms with Gasteiger partial charge in [-0.2, -0.15) is 0 Å². The van der Waals surface area contributed by atoms with Crippen LogP contribution in [0.5, 0.6) is 0 Å². The van der Waals surface area contributed by atoms with Crippen molar-refractivity contribution >= 4 is 33.4 Å². The first-order valence-electron chi connectivity index (χ1n) is 10.0. The van der Waals surface area contributed by atoms with Gasteiger partial charge in [-0.15, -0.1) is 11.3 Å². The molecular formula is C21H25N3O2S. The number of carbonyl (C=O) groups excluding carboxylic acids is 2. The zero-order chi connectivity index (χ0) is 18.4. The van der Waals surface area contributed by atoms with E-state index in [1.165, 1.54) is 19.3 Å². The fourth-order valence-electron chi connectivity index (χ4n) is 5.96. The lowest BCUT2D eigenvalue weighted by molar-refractivity contribution is -0.148. The Labute approximate surface area is 162 Å². The van der Waals surface area contributed by atoms with Gasteiger partial charge in [-0.3, -0.25) is 20.4 Å². The van der Waals surface area contributed by atoms with Gasteiger partial charge in [0.15, 0.2) is 0 Å². The van der Waals surface area contributed by atoms with E-state index in [-0.39, 0.29) is 17.2 Å². The molecule has 6 rings (SSSR count). The zero-order valence-electron chi connectivity index (χ0n) is 15.4. The van der Waals surface area contributed by atoms with Crippen LogP contribution in [0.1, 0.15) is 50.0 Å². The molecule has 4 fully saturated rings. The molecular weight excluding hydrogens is 358 g/mol. The van der Waals surface area contributed by atoms with Gasteiger partial charge in [0.05, 0.1) is 20.6 Å². The fourth-order valence-corrected chi connectivity index (χ4v) is 6.92. The van der Waals surface area contributed by atoms with Crippen molar-refractivity contribution in [1.29, 1.82) is 0 Å². The number of hydrogen-bond donors (Lipinski definition) is 2. The predicted octanol–water partition coefficient (Wildman–Crippen LogP) is 3.59. The minimum atomic E-state index is -0.227. The van der Waals surface area contributed by atoms with Gasteiger partial charge in [0.2, 0.25) is 11.8 Å². The van der Waals surface area contributed by atoms with Crippen molar-refractivity contribution in [2.24, 2.45) is 23.2 Å². The number of carbonyl (C=O) groups is 2. The molecule has 0 saturated heterocycles. The second kappa shape index (κ2) is 6.59. The summed E-state index contributed by atoms with van der Waals surface area (Å²) >= 11 is 1.62. The molecule has 6 heteroatoms. The molecule has 142 valence electrons. The molecule has 5 nitrogen and oxygen atoms in total. The summed E-state index contributed by atoms with van der Waals surface area (Å²) in [5.41, 5.74) is 6.15. The van der Waals surface area contributed by atoms with Crippen LogP contribution < -0.4 is 10.9 Å². The van der Waals surface area contributed by atoms with Crippen LogP contribution in [0.25, 0.3) is 10.2 Å². The van der Waals surface area contributed by atoms with Crippen molar-refractivity contribution in [3.63, 3.8) is 0 Å². The third-order valence-electron chi connectivity index (χ3n) is 6.74. The third-order valence-corrected chi connectivity index (χ3v) is 7.84. The average molecular weight is 384 g/mol. The van der Waals surface area contributed by atoms with Crippen molar-refractivity contribution < 1.29 is 9.59 Å². The Kier molecular flexibility index (Phi) is 4.19. The van der Waals surface area contributed by atoms with Gasteiger partial charge in [0.1, 0.15) is 0 Å². The van der Waals surface area contributed by atoms with Crippen LogP contribution in [-0.2, 0) is 16.0 Å². The number of hydrogen-bond acceptors (Lipinski definition) is 4. The van der Waals surface area contributed by atoms with Gasteiger partial charge in [0, 0.05) is 12.8 Å². The molecule has 1 aromatic heterocycles. The quantitative estimate of drug-likeness (QED) is 0.793. The molecule has 4 saturated carbocycles. The van der Waals surface area contributed by atoms with Crippen LogP contribution in [0.15, 0.2) is 24.3 Å². The SMILES string of the molecule is O=C(CCc1nc2ccccc2s1)NNC(=O)C12CC3CC(CC(C3)C1)C2. The van der Waals surface area contributed by atoms with Crippen molar-refractivity contribution in [3.8, 4) is 0 Å². The van der Waals surface area contributed by atoms with Gasteiger partial charge >= 0.3 is 0 Å². The van der Waals surface area contributed by atoms with Crippen molar-refractivity contribution in [3.05, 3.63) is 29.3 Å². The second-order valence-electron chi connectivity index (χ2n) is 8.78. The molecule has 0 spiro atoms. The molecule has 0 atom stereocenters. The summed E-state index contributed by atoms with van der Waals surface area (Å²) in [5.74, 6) is 2.05. The molecule has 1 aromatic carbocycles. The summed E-state index contributed by atoms with van der Waals surface area (Å²) in [4.78, 5) is 29.6. The van der Waals surface area contributed by atoms with Crippen molar-refractivity contribution in [2.75, 3.05) is 0 Å². The third kappa shape index (κ3) is 3.24. The highest BCUT2D eigenvalue weighted by Crippen LogP contribution is 2.60. The zero-order valence-corrected chi connectivity index (χ0v) is 16.2. The number of rotatable bonds is 4. The second-order valence-corrected chi connectivity index (χ2v) is 9.89. The number of aryl methyl sites for hydroxylation is 1. The summed E-state index contributed by atoms with van der Waals surface area (Å²) in [6, 6.07) is 8.00. The smallest absolute Gasteiger partial charge is 0.244 e. The number of amides is 2. The van der Waals surface area contributed by atoms with Gasteiger partial charge in [0.25, 0.3) is 0 Å². The van der Waals surface area contributed by atoms with Gasteiger partial charge in [-0.05, 0) is 68.4 Å². The summed E-state index contributed by atoms with van der Waals surface area (Å²) in [6.45, 7) is 0. The molecule has 4 bridgehead atoms. The number of benzene rings is 1. The lowest BCUT2D eigenvalue weighted by atomic mass is 9.49. The highest BCUT2D eigenvalue weighted by molar-refractivity contribution is 7.18.